The third kappa shape index (κ3) is 6.56. The third-order valence-electron chi connectivity index (χ3n) is 7.59. The number of rotatable bonds is 6. The number of carbonyl (C=O) groups is 2. The number of hydrogen-bond donors (Lipinski definition) is 1. The first-order valence-electron chi connectivity index (χ1n) is 13.4. The van der Waals surface area contributed by atoms with E-state index in [1.807, 2.05) is 17.0 Å². The summed E-state index contributed by atoms with van der Waals surface area (Å²) in [4.78, 5) is 36.6. The van der Waals surface area contributed by atoms with Crippen molar-refractivity contribution in [3.8, 4) is 6.07 Å². The first kappa shape index (κ1) is 27.9. The normalized spacial score (nSPS) is 16.4. The van der Waals surface area contributed by atoms with Crippen LogP contribution in [0.15, 0.2) is 60.8 Å². The van der Waals surface area contributed by atoms with Gasteiger partial charge < -0.3 is 15.1 Å². The molecule has 0 radical (unpaired) electrons. The molecule has 0 spiro atoms. The van der Waals surface area contributed by atoms with Gasteiger partial charge in [0.1, 0.15) is 5.82 Å². The van der Waals surface area contributed by atoms with Crippen LogP contribution in [0.4, 0.5) is 5.82 Å². The highest BCUT2D eigenvalue weighted by molar-refractivity contribution is 6.33. The summed E-state index contributed by atoms with van der Waals surface area (Å²) in [7, 11) is 0. The minimum absolute atomic E-state index is 0.0237. The van der Waals surface area contributed by atoms with Gasteiger partial charge in [0.05, 0.1) is 22.2 Å². The molecule has 3 heterocycles. The molecule has 3 aromatic rings. The highest BCUT2D eigenvalue weighted by Gasteiger charge is 2.30. The number of nitriles is 1. The number of aromatic nitrogens is 1. The highest BCUT2D eigenvalue weighted by atomic mass is 35.5. The van der Waals surface area contributed by atoms with Crippen LogP contribution < -0.4 is 10.2 Å². The number of nitrogens with one attached hydrogen (secondary N) is 1. The first-order valence-corrected chi connectivity index (χ1v) is 14.1. The van der Waals surface area contributed by atoms with E-state index in [-0.39, 0.29) is 11.8 Å². The molecule has 0 aliphatic carbocycles. The van der Waals surface area contributed by atoms with Crippen LogP contribution in [0, 0.1) is 11.3 Å². The molecule has 1 aromatic heterocycles. The van der Waals surface area contributed by atoms with Gasteiger partial charge in [0.15, 0.2) is 0 Å². The Hall–Kier alpha value is -3.64. The zero-order chi connectivity index (χ0) is 28.1. The molecule has 10 heteroatoms. The zero-order valence-corrected chi connectivity index (χ0v) is 23.5. The van der Waals surface area contributed by atoms with Crippen LogP contribution >= 0.6 is 23.2 Å². The maximum Gasteiger partial charge on any atom is 0.253 e. The molecule has 0 bridgehead atoms. The van der Waals surface area contributed by atoms with Crippen LogP contribution in [0.3, 0.4) is 0 Å². The van der Waals surface area contributed by atoms with Gasteiger partial charge >= 0.3 is 0 Å². The van der Waals surface area contributed by atoms with Gasteiger partial charge in [-0.15, -0.1) is 0 Å². The Morgan fingerprint density at radius 2 is 1.60 bits per heavy atom. The number of benzene rings is 2. The minimum atomic E-state index is -0.232. The summed E-state index contributed by atoms with van der Waals surface area (Å²) in [5.41, 5.74) is 2.55. The number of pyridine rings is 1. The Bertz CT molecular complexity index is 1390. The molecule has 2 aliphatic heterocycles. The van der Waals surface area contributed by atoms with E-state index < -0.39 is 0 Å². The number of anilines is 1. The lowest BCUT2D eigenvalue weighted by molar-refractivity contribution is 0.0610. The predicted octanol–water partition coefficient (Wildman–Crippen LogP) is 4.62. The largest absolute Gasteiger partial charge is 0.353 e. The summed E-state index contributed by atoms with van der Waals surface area (Å²) in [6, 6.07) is 18.3. The smallest absolute Gasteiger partial charge is 0.253 e. The van der Waals surface area contributed by atoms with Crippen LogP contribution in [0.5, 0.6) is 0 Å². The van der Waals surface area contributed by atoms with E-state index >= 15 is 0 Å². The summed E-state index contributed by atoms with van der Waals surface area (Å²) >= 11 is 12.5. The van der Waals surface area contributed by atoms with Gasteiger partial charge in [0.2, 0.25) is 0 Å². The zero-order valence-electron chi connectivity index (χ0n) is 22.0. The van der Waals surface area contributed by atoms with Crippen molar-refractivity contribution < 1.29 is 9.59 Å². The summed E-state index contributed by atoms with van der Waals surface area (Å²) < 4.78 is 0. The second kappa shape index (κ2) is 12.7. The summed E-state index contributed by atoms with van der Waals surface area (Å²) in [5.74, 6) is 0.485. The summed E-state index contributed by atoms with van der Waals surface area (Å²) in [6.45, 7) is 5.18. The fraction of sp³-hybridized carbons (Fsp3) is 0.333. The van der Waals surface area contributed by atoms with E-state index in [1.165, 1.54) is 0 Å². The second-order valence-electron chi connectivity index (χ2n) is 10.1. The highest BCUT2D eigenvalue weighted by Crippen LogP contribution is 2.27. The molecule has 1 N–H and O–H groups in total. The SMILES string of the molecule is N#Cc1ccc(C(=O)N2CCC(N3CCN(c4ncc(C(=O)NCc5ccc(Cl)cc5)cc4Cl)CC3)CC2)cc1. The average Bonchev–Trinajstić information content (AvgIpc) is 3.00. The number of halogens is 2. The van der Waals surface area contributed by atoms with E-state index in [0.717, 1.165) is 57.7 Å². The van der Waals surface area contributed by atoms with Crippen molar-refractivity contribution in [1.29, 1.82) is 5.26 Å². The molecule has 0 atom stereocenters. The molecule has 5 rings (SSSR count). The molecule has 2 amide bonds. The number of piperidine rings is 1. The summed E-state index contributed by atoms with van der Waals surface area (Å²) in [5, 5.41) is 13.0. The van der Waals surface area contributed by atoms with E-state index in [9.17, 15) is 9.59 Å². The van der Waals surface area contributed by atoms with Crippen LogP contribution in [-0.2, 0) is 6.54 Å². The summed E-state index contributed by atoms with van der Waals surface area (Å²) in [6.07, 6.45) is 3.44. The van der Waals surface area contributed by atoms with Crippen LogP contribution in [0.1, 0.15) is 44.7 Å². The lowest BCUT2D eigenvalue weighted by Gasteiger charge is -2.43. The Morgan fingerprint density at radius 1 is 0.925 bits per heavy atom. The number of carbonyl (C=O) groups excluding carboxylic acids is 2. The molecule has 2 aliphatic rings. The van der Waals surface area contributed by atoms with E-state index in [4.69, 9.17) is 28.5 Å². The third-order valence-corrected chi connectivity index (χ3v) is 8.12. The predicted molar refractivity (Wildman–Crippen MR) is 156 cm³/mol. The van der Waals surface area contributed by atoms with Gasteiger partial charge in [-0.3, -0.25) is 14.5 Å². The Morgan fingerprint density at radius 3 is 2.23 bits per heavy atom. The number of piperazine rings is 1. The van der Waals surface area contributed by atoms with E-state index in [0.29, 0.717) is 45.1 Å². The number of nitrogens with zero attached hydrogens (tertiary/aromatic N) is 5. The van der Waals surface area contributed by atoms with Crippen LogP contribution in [0.2, 0.25) is 10.0 Å². The quantitative estimate of drug-likeness (QED) is 0.460. The number of amides is 2. The van der Waals surface area contributed by atoms with E-state index in [1.54, 1.807) is 48.7 Å². The maximum absolute atomic E-state index is 12.9. The molecule has 8 nitrogen and oxygen atoms in total. The maximum atomic E-state index is 12.9. The van der Waals surface area contributed by atoms with E-state index in [2.05, 4.69) is 26.2 Å². The Kier molecular flexibility index (Phi) is 8.85. The van der Waals surface area contributed by atoms with Gasteiger partial charge in [0, 0.05) is 68.6 Å². The molecule has 0 unspecified atom stereocenters. The van der Waals surface area contributed by atoms with Gasteiger partial charge in [-0.1, -0.05) is 35.3 Å². The van der Waals surface area contributed by atoms with Gasteiger partial charge in [-0.05, 0) is 60.9 Å². The molecular weight excluding hydrogens is 547 g/mol. The number of likely N-dealkylation sites (tertiary alicyclic amines) is 1. The molecule has 2 saturated heterocycles. The van der Waals surface area contributed by atoms with Crippen LogP contribution in [-0.4, -0.2) is 71.9 Å². The molecule has 2 fully saturated rings. The Balaban J connectivity index is 1.09. The average molecular weight is 578 g/mol. The first-order chi connectivity index (χ1) is 19.4. The standard InChI is InChI=1S/C30H30Cl2N6O2/c31-25-7-3-22(4-8-25)19-35-29(39)24-17-27(32)28(34-20-24)37-15-13-36(14-16-37)26-9-11-38(12-10-26)30(40)23-5-1-21(18-33)2-6-23/h1-8,17,20,26H,9-16,19H2,(H,35,39). The Labute approximate surface area is 244 Å². The molecule has 206 valence electrons. The lowest BCUT2D eigenvalue weighted by Crippen LogP contribution is -2.54. The lowest BCUT2D eigenvalue weighted by atomic mass is 10.0. The van der Waals surface area contributed by atoms with Gasteiger partial charge in [-0.2, -0.15) is 5.26 Å². The molecule has 2 aromatic carbocycles. The number of hydrogen-bond acceptors (Lipinski definition) is 6. The van der Waals surface area contributed by atoms with Crippen LogP contribution in [0.25, 0.3) is 0 Å². The minimum Gasteiger partial charge on any atom is -0.353 e. The monoisotopic (exact) mass is 576 g/mol. The van der Waals surface area contributed by atoms with Crippen molar-refractivity contribution in [2.24, 2.45) is 0 Å². The molecular formula is C30H30Cl2N6O2. The van der Waals surface area contributed by atoms with Crippen molar-refractivity contribution in [2.45, 2.75) is 25.4 Å². The van der Waals surface area contributed by atoms with Gasteiger partial charge in [-0.25, -0.2) is 4.98 Å². The van der Waals surface area contributed by atoms with Crippen molar-refractivity contribution in [2.75, 3.05) is 44.2 Å². The molecule has 40 heavy (non-hydrogen) atoms. The van der Waals surface area contributed by atoms with Crippen molar-refractivity contribution in [3.05, 3.63) is 93.1 Å². The molecule has 0 saturated carbocycles. The van der Waals surface area contributed by atoms with Gasteiger partial charge in [0.25, 0.3) is 11.8 Å². The fourth-order valence-corrected chi connectivity index (χ4v) is 5.69. The van der Waals surface area contributed by atoms with Crippen molar-refractivity contribution in [1.82, 2.24) is 20.1 Å². The van der Waals surface area contributed by atoms with Crippen molar-refractivity contribution >= 4 is 40.8 Å². The fourth-order valence-electron chi connectivity index (χ4n) is 5.28. The van der Waals surface area contributed by atoms with Crippen molar-refractivity contribution in [3.63, 3.8) is 0 Å². The second-order valence-corrected chi connectivity index (χ2v) is 10.9. The topological polar surface area (TPSA) is 92.6 Å².